The number of nitrogens with zero attached hydrogens (tertiary/aromatic N) is 1. The van der Waals surface area contributed by atoms with E-state index in [9.17, 15) is 14.0 Å². The Hall–Kier alpha value is -4.39. The first kappa shape index (κ1) is 24.9. The Kier molecular flexibility index (Phi) is 6.65. The van der Waals surface area contributed by atoms with Crippen LogP contribution in [0.3, 0.4) is 0 Å². The van der Waals surface area contributed by atoms with Crippen LogP contribution in [0, 0.1) is 18.7 Å². The van der Waals surface area contributed by atoms with Crippen LogP contribution in [0.25, 0.3) is 0 Å². The molecule has 6 rings (SSSR count). The molecule has 1 aliphatic heterocycles. The van der Waals surface area contributed by atoms with E-state index in [4.69, 9.17) is 9.15 Å². The average molecular weight is 525 g/mol. The van der Waals surface area contributed by atoms with Crippen LogP contribution in [0.15, 0.2) is 83.3 Å². The normalized spacial score (nSPS) is 16.5. The summed E-state index contributed by atoms with van der Waals surface area (Å²) < 4.78 is 24.9. The van der Waals surface area contributed by atoms with E-state index >= 15 is 0 Å². The smallest absolute Gasteiger partial charge is 0.291 e. The number of anilines is 1. The molecule has 7 heteroatoms. The largest absolute Gasteiger partial charge is 0.486 e. The summed E-state index contributed by atoms with van der Waals surface area (Å²) in [7, 11) is 0. The maximum atomic E-state index is 13.3. The third-order valence-electron chi connectivity index (χ3n) is 7.28. The molecule has 1 aromatic heterocycles. The minimum absolute atomic E-state index is 0.136. The summed E-state index contributed by atoms with van der Waals surface area (Å²) in [6, 6.07) is 23.1. The second-order valence-electron chi connectivity index (χ2n) is 10.2. The lowest BCUT2D eigenvalue weighted by Crippen LogP contribution is -2.41. The highest BCUT2D eigenvalue weighted by molar-refractivity contribution is 6.02. The summed E-state index contributed by atoms with van der Waals surface area (Å²) in [6.45, 7) is 2.91. The lowest BCUT2D eigenvalue weighted by Gasteiger charge is -2.38. The minimum atomic E-state index is -0.428. The Morgan fingerprint density at radius 1 is 1.03 bits per heavy atom. The zero-order chi connectivity index (χ0) is 26.9. The summed E-state index contributed by atoms with van der Waals surface area (Å²) in [5.74, 6) is 0.881. The molecular formula is C32H29FN2O4. The molecule has 198 valence electrons. The van der Waals surface area contributed by atoms with Crippen molar-refractivity contribution < 1.29 is 23.1 Å². The summed E-state index contributed by atoms with van der Waals surface area (Å²) in [5.41, 5.74) is 5.03. The van der Waals surface area contributed by atoms with Crippen molar-refractivity contribution in [1.82, 2.24) is 4.90 Å². The molecule has 4 aromatic rings. The van der Waals surface area contributed by atoms with E-state index in [-0.39, 0.29) is 36.1 Å². The summed E-state index contributed by atoms with van der Waals surface area (Å²) in [6.07, 6.45) is 2.75. The number of rotatable bonds is 7. The molecule has 2 aliphatic rings. The van der Waals surface area contributed by atoms with E-state index in [0.717, 1.165) is 36.0 Å². The molecule has 1 unspecified atom stereocenters. The second-order valence-corrected chi connectivity index (χ2v) is 10.2. The molecule has 1 atom stereocenters. The van der Waals surface area contributed by atoms with Gasteiger partial charge in [0.2, 0.25) is 5.91 Å². The number of hydrogen-bond acceptors (Lipinski definition) is 4. The maximum Gasteiger partial charge on any atom is 0.291 e. The molecule has 0 radical (unpaired) electrons. The van der Waals surface area contributed by atoms with Crippen LogP contribution in [0.5, 0.6) is 5.75 Å². The number of amides is 2. The SMILES string of the molecule is Cc1cccc(C2c3cc(OCc4ccc(C(=O)Nc5ccc(F)cc5)o4)ccc3CCN2C(=O)C2CC2)c1. The van der Waals surface area contributed by atoms with Gasteiger partial charge in [0, 0.05) is 18.2 Å². The molecule has 6 nitrogen and oxygen atoms in total. The number of ether oxygens (including phenoxy) is 1. The fourth-order valence-corrected chi connectivity index (χ4v) is 5.14. The van der Waals surface area contributed by atoms with Gasteiger partial charge in [0.15, 0.2) is 5.76 Å². The van der Waals surface area contributed by atoms with Gasteiger partial charge < -0.3 is 19.4 Å². The highest BCUT2D eigenvalue weighted by Gasteiger charge is 2.39. The first-order chi connectivity index (χ1) is 18.9. The molecule has 0 saturated heterocycles. The van der Waals surface area contributed by atoms with E-state index < -0.39 is 5.91 Å². The van der Waals surface area contributed by atoms with Crippen LogP contribution >= 0.6 is 0 Å². The highest BCUT2D eigenvalue weighted by atomic mass is 19.1. The van der Waals surface area contributed by atoms with Crippen molar-refractivity contribution in [3.63, 3.8) is 0 Å². The first-order valence-electron chi connectivity index (χ1n) is 13.2. The van der Waals surface area contributed by atoms with Gasteiger partial charge in [0.1, 0.15) is 23.9 Å². The lowest BCUT2D eigenvalue weighted by atomic mass is 9.87. The van der Waals surface area contributed by atoms with Gasteiger partial charge in [-0.25, -0.2) is 4.39 Å². The number of furan rings is 1. The molecule has 0 spiro atoms. The van der Waals surface area contributed by atoms with Crippen molar-refractivity contribution in [2.24, 2.45) is 5.92 Å². The van der Waals surface area contributed by atoms with Crippen LogP contribution in [-0.4, -0.2) is 23.3 Å². The van der Waals surface area contributed by atoms with Gasteiger partial charge in [0.25, 0.3) is 5.91 Å². The zero-order valence-electron chi connectivity index (χ0n) is 21.7. The Labute approximate surface area is 226 Å². The van der Waals surface area contributed by atoms with Gasteiger partial charge in [-0.3, -0.25) is 9.59 Å². The van der Waals surface area contributed by atoms with Crippen molar-refractivity contribution in [3.8, 4) is 5.75 Å². The number of carbonyl (C=O) groups excluding carboxylic acids is 2. The number of hydrogen-bond donors (Lipinski definition) is 1. The number of nitrogens with one attached hydrogen (secondary N) is 1. The van der Waals surface area contributed by atoms with E-state index in [0.29, 0.717) is 23.7 Å². The van der Waals surface area contributed by atoms with Gasteiger partial charge in [-0.1, -0.05) is 35.9 Å². The Bertz CT molecular complexity index is 1520. The van der Waals surface area contributed by atoms with Crippen molar-refractivity contribution in [2.45, 2.75) is 38.8 Å². The molecule has 2 amide bonds. The van der Waals surface area contributed by atoms with Crippen LogP contribution in [0.4, 0.5) is 10.1 Å². The molecule has 3 aromatic carbocycles. The fraction of sp³-hybridized carbons (Fsp3) is 0.250. The minimum Gasteiger partial charge on any atom is -0.486 e. The van der Waals surface area contributed by atoms with Crippen LogP contribution in [0.2, 0.25) is 0 Å². The molecule has 1 aliphatic carbocycles. The maximum absolute atomic E-state index is 13.3. The van der Waals surface area contributed by atoms with Gasteiger partial charge in [-0.15, -0.1) is 0 Å². The molecular weight excluding hydrogens is 495 g/mol. The first-order valence-corrected chi connectivity index (χ1v) is 13.2. The second kappa shape index (κ2) is 10.4. The summed E-state index contributed by atoms with van der Waals surface area (Å²) >= 11 is 0. The molecule has 2 heterocycles. The lowest BCUT2D eigenvalue weighted by molar-refractivity contribution is -0.134. The molecule has 1 N–H and O–H groups in total. The van der Waals surface area contributed by atoms with Crippen LogP contribution in [-0.2, 0) is 17.8 Å². The molecule has 1 saturated carbocycles. The third-order valence-corrected chi connectivity index (χ3v) is 7.28. The van der Waals surface area contributed by atoms with Crippen LogP contribution < -0.4 is 10.1 Å². The van der Waals surface area contributed by atoms with Crippen molar-refractivity contribution in [3.05, 3.63) is 118 Å². The van der Waals surface area contributed by atoms with Crippen molar-refractivity contribution in [2.75, 3.05) is 11.9 Å². The Morgan fingerprint density at radius 3 is 2.62 bits per heavy atom. The molecule has 39 heavy (non-hydrogen) atoms. The van der Waals surface area contributed by atoms with E-state index in [1.165, 1.54) is 29.8 Å². The van der Waals surface area contributed by atoms with Gasteiger partial charge in [-0.05, 0) is 91.4 Å². The number of aryl methyl sites for hydroxylation is 1. The van der Waals surface area contributed by atoms with E-state index in [1.807, 2.05) is 23.1 Å². The standard InChI is InChI=1S/C32H29FN2O4/c1-20-3-2-4-23(17-20)30-28-18-26(12-7-21(28)15-16-35(30)32(37)22-5-6-22)38-19-27-13-14-29(39-27)31(36)34-25-10-8-24(33)9-11-25/h2-4,7-14,17-18,22,30H,5-6,15-16,19H2,1H3,(H,34,36). The number of fused-ring (bicyclic) bond motifs is 1. The number of benzene rings is 3. The van der Waals surface area contributed by atoms with Crippen molar-refractivity contribution >= 4 is 17.5 Å². The molecule has 0 bridgehead atoms. The monoisotopic (exact) mass is 524 g/mol. The highest BCUT2D eigenvalue weighted by Crippen LogP contribution is 2.41. The van der Waals surface area contributed by atoms with Gasteiger partial charge in [-0.2, -0.15) is 0 Å². The Morgan fingerprint density at radius 2 is 1.85 bits per heavy atom. The van der Waals surface area contributed by atoms with E-state index in [2.05, 4.69) is 36.5 Å². The quantitative estimate of drug-likeness (QED) is 0.302. The van der Waals surface area contributed by atoms with Crippen LogP contribution in [0.1, 0.15) is 57.5 Å². The fourth-order valence-electron chi connectivity index (χ4n) is 5.14. The van der Waals surface area contributed by atoms with Crippen molar-refractivity contribution in [1.29, 1.82) is 0 Å². The number of carbonyl (C=O) groups is 2. The third kappa shape index (κ3) is 5.43. The predicted molar refractivity (Wildman–Crippen MR) is 145 cm³/mol. The Balaban J connectivity index is 1.19. The summed E-state index contributed by atoms with van der Waals surface area (Å²) in [5, 5.41) is 2.68. The van der Waals surface area contributed by atoms with Gasteiger partial charge in [0.05, 0.1) is 6.04 Å². The number of halogens is 1. The average Bonchev–Trinajstić information content (AvgIpc) is 3.69. The molecule has 1 fully saturated rings. The summed E-state index contributed by atoms with van der Waals surface area (Å²) in [4.78, 5) is 27.8. The topological polar surface area (TPSA) is 71.8 Å². The van der Waals surface area contributed by atoms with Gasteiger partial charge >= 0.3 is 0 Å². The predicted octanol–water partition coefficient (Wildman–Crippen LogP) is 6.44. The van der Waals surface area contributed by atoms with E-state index in [1.54, 1.807) is 12.1 Å². The zero-order valence-corrected chi connectivity index (χ0v) is 21.7.